The van der Waals surface area contributed by atoms with E-state index in [2.05, 4.69) is 0 Å². The summed E-state index contributed by atoms with van der Waals surface area (Å²) in [5.74, 6) is 0.815. The van der Waals surface area contributed by atoms with Crippen molar-refractivity contribution in [2.75, 3.05) is 7.11 Å². The fraction of sp³-hybridized carbons (Fsp3) is 0.182. The first-order valence-corrected chi connectivity index (χ1v) is 5.45. The van der Waals surface area contributed by atoms with Crippen molar-refractivity contribution in [2.24, 2.45) is 0 Å². The number of ether oxygens (including phenoxy) is 1. The average molecular weight is 221 g/mol. The van der Waals surface area contributed by atoms with Crippen LogP contribution in [0.4, 0.5) is 0 Å². The first kappa shape index (κ1) is 9.98. The van der Waals surface area contributed by atoms with Crippen LogP contribution in [0.1, 0.15) is 5.56 Å². The molecule has 0 aliphatic carbocycles. The van der Waals surface area contributed by atoms with Gasteiger partial charge in [0.2, 0.25) is 0 Å². The first-order valence-electron chi connectivity index (χ1n) is 4.57. The van der Waals surface area contributed by atoms with Crippen molar-refractivity contribution in [1.29, 1.82) is 0 Å². The van der Waals surface area contributed by atoms with Gasteiger partial charge in [0.1, 0.15) is 5.75 Å². The van der Waals surface area contributed by atoms with Crippen molar-refractivity contribution in [2.45, 2.75) is 6.54 Å². The molecule has 0 fully saturated rings. The Balaban J connectivity index is 2.32. The highest BCUT2D eigenvalue weighted by Gasteiger charge is 2.03. The summed E-state index contributed by atoms with van der Waals surface area (Å²) in [4.78, 5) is 11.4. The molecule has 0 aliphatic rings. The van der Waals surface area contributed by atoms with Crippen LogP contribution in [0.3, 0.4) is 0 Å². The smallest absolute Gasteiger partial charge is 0.307 e. The molecule has 4 heteroatoms. The number of thiazole rings is 1. The number of benzene rings is 1. The zero-order valence-electron chi connectivity index (χ0n) is 8.34. The van der Waals surface area contributed by atoms with E-state index in [1.54, 1.807) is 23.3 Å². The number of para-hydroxylation sites is 1. The summed E-state index contributed by atoms with van der Waals surface area (Å²) in [5.41, 5.74) is 1.01. The molecule has 0 radical (unpaired) electrons. The van der Waals surface area contributed by atoms with Gasteiger partial charge in [0.05, 0.1) is 13.7 Å². The summed E-state index contributed by atoms with van der Waals surface area (Å²) in [6.45, 7) is 0.562. The van der Waals surface area contributed by atoms with E-state index in [1.807, 2.05) is 24.3 Å². The van der Waals surface area contributed by atoms with Gasteiger partial charge in [-0.25, -0.2) is 0 Å². The van der Waals surface area contributed by atoms with Crippen LogP contribution in [-0.4, -0.2) is 11.7 Å². The zero-order chi connectivity index (χ0) is 10.7. The van der Waals surface area contributed by atoms with E-state index in [0.29, 0.717) is 6.54 Å². The second kappa shape index (κ2) is 4.31. The minimum Gasteiger partial charge on any atom is -0.496 e. The lowest BCUT2D eigenvalue weighted by Gasteiger charge is -2.07. The van der Waals surface area contributed by atoms with Crippen LogP contribution >= 0.6 is 11.3 Å². The van der Waals surface area contributed by atoms with Gasteiger partial charge in [-0.05, 0) is 6.07 Å². The Morgan fingerprint density at radius 2 is 2.20 bits per heavy atom. The molecule has 0 aliphatic heterocycles. The second-order valence-electron chi connectivity index (χ2n) is 3.11. The molecule has 1 heterocycles. The highest BCUT2D eigenvalue weighted by molar-refractivity contribution is 7.07. The Morgan fingerprint density at radius 3 is 2.87 bits per heavy atom. The highest BCUT2D eigenvalue weighted by atomic mass is 32.1. The number of aromatic nitrogens is 1. The summed E-state index contributed by atoms with van der Waals surface area (Å²) in [7, 11) is 1.63. The van der Waals surface area contributed by atoms with Crippen LogP contribution in [0, 0.1) is 0 Å². The summed E-state index contributed by atoms with van der Waals surface area (Å²) in [5, 5.41) is 1.79. The first-order chi connectivity index (χ1) is 7.31. The monoisotopic (exact) mass is 221 g/mol. The lowest BCUT2D eigenvalue weighted by Crippen LogP contribution is -2.13. The zero-order valence-corrected chi connectivity index (χ0v) is 9.16. The standard InChI is InChI=1S/C11H11NO2S/c1-14-10-5-3-2-4-9(10)8-12-6-7-15-11(12)13/h2-7H,8H2,1H3. The van der Waals surface area contributed by atoms with Gasteiger partial charge in [0, 0.05) is 17.1 Å². The van der Waals surface area contributed by atoms with E-state index in [-0.39, 0.29) is 4.87 Å². The maximum Gasteiger partial charge on any atom is 0.307 e. The molecule has 0 saturated carbocycles. The Kier molecular flexibility index (Phi) is 2.87. The third kappa shape index (κ3) is 2.10. The van der Waals surface area contributed by atoms with Crippen molar-refractivity contribution in [3.8, 4) is 5.75 Å². The van der Waals surface area contributed by atoms with Crippen LogP contribution in [0.25, 0.3) is 0 Å². The van der Waals surface area contributed by atoms with Crippen LogP contribution in [0.2, 0.25) is 0 Å². The largest absolute Gasteiger partial charge is 0.496 e. The molecule has 1 aromatic carbocycles. The third-order valence-electron chi connectivity index (χ3n) is 2.18. The van der Waals surface area contributed by atoms with E-state index in [4.69, 9.17) is 4.74 Å². The molecule has 0 bridgehead atoms. The molecule has 0 atom stereocenters. The molecular formula is C11H11NO2S. The van der Waals surface area contributed by atoms with Gasteiger partial charge in [-0.3, -0.25) is 4.79 Å². The van der Waals surface area contributed by atoms with Crippen LogP contribution in [0.15, 0.2) is 40.6 Å². The molecule has 3 nitrogen and oxygen atoms in total. The Hall–Kier alpha value is -1.55. The third-order valence-corrected chi connectivity index (χ3v) is 2.87. The topological polar surface area (TPSA) is 31.2 Å². The maximum atomic E-state index is 11.4. The van der Waals surface area contributed by atoms with Gasteiger partial charge in [0.25, 0.3) is 0 Å². The lowest BCUT2D eigenvalue weighted by molar-refractivity contribution is 0.408. The number of nitrogens with zero attached hydrogens (tertiary/aromatic N) is 1. The van der Waals surface area contributed by atoms with E-state index < -0.39 is 0 Å². The Labute approximate surface area is 91.6 Å². The van der Waals surface area contributed by atoms with E-state index >= 15 is 0 Å². The maximum absolute atomic E-state index is 11.4. The Bertz CT molecular complexity index is 501. The van der Waals surface area contributed by atoms with Crippen molar-refractivity contribution in [1.82, 2.24) is 4.57 Å². The van der Waals surface area contributed by atoms with Crippen LogP contribution < -0.4 is 9.61 Å². The molecular weight excluding hydrogens is 210 g/mol. The van der Waals surface area contributed by atoms with Crippen molar-refractivity contribution >= 4 is 11.3 Å². The van der Waals surface area contributed by atoms with Crippen molar-refractivity contribution < 1.29 is 4.74 Å². The minimum absolute atomic E-state index is 0.0564. The molecule has 2 aromatic rings. The predicted octanol–water partition coefficient (Wildman–Crippen LogP) is 1.97. The fourth-order valence-electron chi connectivity index (χ4n) is 1.43. The highest BCUT2D eigenvalue weighted by Crippen LogP contribution is 2.17. The summed E-state index contributed by atoms with van der Waals surface area (Å²) in [6.07, 6.45) is 1.79. The fourth-order valence-corrected chi connectivity index (χ4v) is 2.01. The van der Waals surface area contributed by atoms with Gasteiger partial charge in [0.15, 0.2) is 0 Å². The molecule has 15 heavy (non-hydrogen) atoms. The molecule has 1 aromatic heterocycles. The van der Waals surface area contributed by atoms with Crippen molar-refractivity contribution in [3.63, 3.8) is 0 Å². The normalized spacial score (nSPS) is 10.2. The molecule has 78 valence electrons. The average Bonchev–Trinajstić information content (AvgIpc) is 2.65. The van der Waals surface area contributed by atoms with Gasteiger partial charge in [-0.1, -0.05) is 29.5 Å². The molecule has 2 rings (SSSR count). The molecule has 0 unspecified atom stereocenters. The minimum atomic E-state index is 0.0564. The summed E-state index contributed by atoms with van der Waals surface area (Å²) in [6, 6.07) is 7.71. The predicted molar refractivity (Wildman–Crippen MR) is 60.7 cm³/mol. The summed E-state index contributed by atoms with van der Waals surface area (Å²) < 4.78 is 6.89. The van der Waals surface area contributed by atoms with Gasteiger partial charge >= 0.3 is 4.87 Å². The van der Waals surface area contributed by atoms with Crippen molar-refractivity contribution in [3.05, 3.63) is 51.1 Å². The second-order valence-corrected chi connectivity index (χ2v) is 3.97. The SMILES string of the molecule is COc1ccccc1Cn1ccsc1=O. The number of rotatable bonds is 3. The van der Waals surface area contributed by atoms with Crippen LogP contribution in [0.5, 0.6) is 5.75 Å². The lowest BCUT2D eigenvalue weighted by atomic mass is 10.2. The quantitative estimate of drug-likeness (QED) is 0.793. The number of methoxy groups -OCH3 is 1. The number of hydrogen-bond donors (Lipinski definition) is 0. The Morgan fingerprint density at radius 1 is 1.40 bits per heavy atom. The van der Waals surface area contributed by atoms with E-state index in [9.17, 15) is 4.79 Å². The van der Waals surface area contributed by atoms with Gasteiger partial charge in [-0.15, -0.1) is 0 Å². The summed E-state index contributed by atoms with van der Waals surface area (Å²) >= 11 is 1.20. The molecule has 0 amide bonds. The van der Waals surface area contributed by atoms with Gasteiger partial charge < -0.3 is 9.30 Å². The van der Waals surface area contributed by atoms with Gasteiger partial charge in [-0.2, -0.15) is 0 Å². The molecule has 0 spiro atoms. The van der Waals surface area contributed by atoms with E-state index in [0.717, 1.165) is 11.3 Å². The molecule has 0 saturated heterocycles. The van der Waals surface area contributed by atoms with Crippen LogP contribution in [-0.2, 0) is 6.54 Å². The molecule has 0 N–H and O–H groups in total. The van der Waals surface area contributed by atoms with E-state index in [1.165, 1.54) is 11.3 Å². The number of hydrogen-bond acceptors (Lipinski definition) is 3.